The van der Waals surface area contributed by atoms with Crippen LogP contribution < -0.4 is 5.32 Å². The van der Waals surface area contributed by atoms with Crippen molar-refractivity contribution >= 4 is 5.97 Å². The highest BCUT2D eigenvalue weighted by Crippen LogP contribution is 2.09. The first kappa shape index (κ1) is 15.2. The van der Waals surface area contributed by atoms with E-state index in [0.717, 1.165) is 12.2 Å². The van der Waals surface area contributed by atoms with Crippen LogP contribution >= 0.6 is 0 Å². The van der Waals surface area contributed by atoms with Crippen molar-refractivity contribution in [3.63, 3.8) is 0 Å². The van der Waals surface area contributed by atoms with Crippen molar-refractivity contribution in [1.29, 1.82) is 0 Å². The van der Waals surface area contributed by atoms with Crippen LogP contribution in [0.5, 0.6) is 0 Å². The Labute approximate surface area is 123 Å². The van der Waals surface area contributed by atoms with Gasteiger partial charge in [0.25, 0.3) is 0 Å². The van der Waals surface area contributed by atoms with Gasteiger partial charge in [0.2, 0.25) is 0 Å². The van der Waals surface area contributed by atoms with Gasteiger partial charge in [-0.15, -0.1) is 0 Å². The third-order valence-electron chi connectivity index (χ3n) is 3.22. The van der Waals surface area contributed by atoms with Crippen LogP contribution in [0.25, 0.3) is 0 Å². The van der Waals surface area contributed by atoms with Crippen molar-refractivity contribution in [2.24, 2.45) is 7.05 Å². The molecule has 2 rings (SSSR count). The maximum atomic E-state index is 11.9. The minimum atomic E-state index is -0.329. The molecule has 0 fully saturated rings. The molecule has 0 aliphatic heterocycles. The SMILES string of the molecule is CCOC(=O)c1cnn(C)c1CNC(C)Cn1ccnc1. The van der Waals surface area contributed by atoms with Gasteiger partial charge < -0.3 is 14.6 Å². The summed E-state index contributed by atoms with van der Waals surface area (Å²) in [4.78, 5) is 15.9. The monoisotopic (exact) mass is 291 g/mol. The highest BCUT2D eigenvalue weighted by molar-refractivity contribution is 5.90. The Balaban J connectivity index is 1.96. The number of nitrogens with one attached hydrogen (secondary N) is 1. The van der Waals surface area contributed by atoms with Crippen LogP contribution in [0.15, 0.2) is 24.9 Å². The molecule has 0 radical (unpaired) electrons. The van der Waals surface area contributed by atoms with E-state index in [4.69, 9.17) is 4.74 Å². The van der Waals surface area contributed by atoms with E-state index >= 15 is 0 Å². The zero-order chi connectivity index (χ0) is 15.2. The summed E-state index contributed by atoms with van der Waals surface area (Å²) < 4.78 is 8.75. The molecule has 0 aliphatic carbocycles. The van der Waals surface area contributed by atoms with Gasteiger partial charge in [-0.05, 0) is 13.8 Å². The molecule has 0 saturated carbocycles. The molecule has 1 atom stereocenters. The van der Waals surface area contributed by atoms with Crippen LogP contribution in [0, 0.1) is 0 Å². The fourth-order valence-electron chi connectivity index (χ4n) is 2.10. The molecule has 0 aliphatic rings. The number of aryl methyl sites for hydroxylation is 1. The van der Waals surface area contributed by atoms with Crippen molar-refractivity contribution in [1.82, 2.24) is 24.6 Å². The van der Waals surface area contributed by atoms with E-state index in [1.165, 1.54) is 0 Å². The Kier molecular flexibility index (Phi) is 5.10. The number of rotatable bonds is 7. The van der Waals surface area contributed by atoms with Crippen LogP contribution in [0.1, 0.15) is 29.9 Å². The van der Waals surface area contributed by atoms with Crippen LogP contribution in [0.2, 0.25) is 0 Å². The minimum Gasteiger partial charge on any atom is -0.462 e. The summed E-state index contributed by atoms with van der Waals surface area (Å²) in [6.07, 6.45) is 7.01. The van der Waals surface area contributed by atoms with Gasteiger partial charge in [0.05, 0.1) is 24.8 Å². The summed E-state index contributed by atoms with van der Waals surface area (Å²) in [5.41, 5.74) is 1.34. The fraction of sp³-hybridized carbons (Fsp3) is 0.500. The fourth-order valence-corrected chi connectivity index (χ4v) is 2.10. The molecule has 2 aromatic heterocycles. The first-order chi connectivity index (χ1) is 10.1. The van der Waals surface area contributed by atoms with Crippen LogP contribution in [-0.4, -0.2) is 37.9 Å². The van der Waals surface area contributed by atoms with Crippen molar-refractivity contribution in [3.8, 4) is 0 Å². The first-order valence-electron chi connectivity index (χ1n) is 6.99. The molecule has 0 aromatic carbocycles. The van der Waals surface area contributed by atoms with E-state index in [0.29, 0.717) is 18.7 Å². The lowest BCUT2D eigenvalue weighted by Crippen LogP contribution is -2.31. The second-order valence-electron chi connectivity index (χ2n) is 4.89. The van der Waals surface area contributed by atoms with Gasteiger partial charge in [0.15, 0.2) is 0 Å². The molecule has 2 heterocycles. The number of hydrogen-bond acceptors (Lipinski definition) is 5. The second-order valence-corrected chi connectivity index (χ2v) is 4.89. The number of aromatic nitrogens is 4. The molecular formula is C14H21N5O2. The normalized spacial score (nSPS) is 12.3. The van der Waals surface area contributed by atoms with E-state index in [-0.39, 0.29) is 12.0 Å². The molecule has 7 nitrogen and oxygen atoms in total. The Hall–Kier alpha value is -2.15. The van der Waals surface area contributed by atoms with Gasteiger partial charge in [-0.2, -0.15) is 5.10 Å². The lowest BCUT2D eigenvalue weighted by atomic mass is 10.2. The third kappa shape index (κ3) is 3.91. The lowest BCUT2D eigenvalue weighted by molar-refractivity contribution is 0.0524. The smallest absolute Gasteiger partial charge is 0.341 e. The summed E-state index contributed by atoms with van der Waals surface area (Å²) in [7, 11) is 1.82. The van der Waals surface area contributed by atoms with Gasteiger partial charge in [0, 0.05) is 38.6 Å². The summed E-state index contributed by atoms with van der Waals surface area (Å²) in [5.74, 6) is -0.329. The number of nitrogens with zero attached hydrogens (tertiary/aromatic N) is 4. The van der Waals surface area contributed by atoms with Gasteiger partial charge in [-0.3, -0.25) is 4.68 Å². The molecule has 0 saturated heterocycles. The van der Waals surface area contributed by atoms with Gasteiger partial charge in [-0.1, -0.05) is 0 Å². The van der Waals surface area contributed by atoms with Crippen LogP contribution in [-0.2, 0) is 24.9 Å². The van der Waals surface area contributed by atoms with Crippen molar-refractivity contribution < 1.29 is 9.53 Å². The number of hydrogen-bond donors (Lipinski definition) is 1. The average molecular weight is 291 g/mol. The maximum Gasteiger partial charge on any atom is 0.341 e. The molecule has 1 unspecified atom stereocenters. The Morgan fingerprint density at radius 1 is 1.52 bits per heavy atom. The number of carbonyl (C=O) groups is 1. The van der Waals surface area contributed by atoms with Crippen molar-refractivity contribution in [2.45, 2.75) is 33.0 Å². The highest BCUT2D eigenvalue weighted by atomic mass is 16.5. The van der Waals surface area contributed by atoms with Crippen molar-refractivity contribution in [3.05, 3.63) is 36.2 Å². The molecule has 7 heteroatoms. The summed E-state index contributed by atoms with van der Waals surface area (Å²) in [6, 6.07) is 0.240. The molecule has 0 amide bonds. The standard InChI is InChI=1S/C14H21N5O2/c1-4-21-14(20)12-7-17-18(3)13(12)8-16-11(2)9-19-6-5-15-10-19/h5-7,10-11,16H,4,8-9H2,1-3H3. The van der Waals surface area contributed by atoms with E-state index in [9.17, 15) is 4.79 Å². The van der Waals surface area contributed by atoms with Crippen molar-refractivity contribution in [2.75, 3.05) is 6.61 Å². The number of imidazole rings is 1. The number of carbonyl (C=O) groups excluding carboxylic acids is 1. The van der Waals surface area contributed by atoms with E-state index < -0.39 is 0 Å². The summed E-state index contributed by atoms with van der Waals surface area (Å²) >= 11 is 0. The molecule has 1 N–H and O–H groups in total. The summed E-state index contributed by atoms with van der Waals surface area (Å²) in [6.45, 7) is 5.60. The predicted molar refractivity (Wildman–Crippen MR) is 77.7 cm³/mol. The lowest BCUT2D eigenvalue weighted by Gasteiger charge is -2.15. The quantitative estimate of drug-likeness (QED) is 0.770. The highest BCUT2D eigenvalue weighted by Gasteiger charge is 2.17. The zero-order valence-corrected chi connectivity index (χ0v) is 12.6. The average Bonchev–Trinajstić information content (AvgIpc) is 3.06. The minimum absolute atomic E-state index is 0.240. The second kappa shape index (κ2) is 7.03. The summed E-state index contributed by atoms with van der Waals surface area (Å²) in [5, 5.41) is 7.52. The molecule has 21 heavy (non-hydrogen) atoms. The van der Waals surface area contributed by atoms with Gasteiger partial charge in [-0.25, -0.2) is 9.78 Å². The Morgan fingerprint density at radius 2 is 2.33 bits per heavy atom. The molecular weight excluding hydrogens is 270 g/mol. The number of ether oxygens (including phenoxy) is 1. The molecule has 0 spiro atoms. The van der Waals surface area contributed by atoms with E-state index in [2.05, 4.69) is 22.3 Å². The topological polar surface area (TPSA) is 74.0 Å². The first-order valence-corrected chi connectivity index (χ1v) is 6.99. The maximum absolute atomic E-state index is 11.9. The van der Waals surface area contributed by atoms with E-state index in [1.54, 1.807) is 30.3 Å². The Bertz CT molecular complexity index is 576. The largest absolute Gasteiger partial charge is 0.462 e. The van der Waals surface area contributed by atoms with Crippen LogP contribution in [0.4, 0.5) is 0 Å². The van der Waals surface area contributed by atoms with Gasteiger partial charge in [0.1, 0.15) is 5.56 Å². The number of esters is 1. The molecule has 114 valence electrons. The van der Waals surface area contributed by atoms with Crippen LogP contribution in [0.3, 0.4) is 0 Å². The third-order valence-corrected chi connectivity index (χ3v) is 3.22. The van der Waals surface area contributed by atoms with Gasteiger partial charge >= 0.3 is 5.97 Å². The molecule has 0 bridgehead atoms. The van der Waals surface area contributed by atoms with E-state index in [1.807, 2.05) is 17.8 Å². The Morgan fingerprint density at radius 3 is 3.00 bits per heavy atom. The zero-order valence-electron chi connectivity index (χ0n) is 12.6. The molecule has 2 aromatic rings. The predicted octanol–water partition coefficient (Wildman–Crippen LogP) is 0.972.